The molecule has 2 fully saturated rings. The maximum atomic E-state index is 10.7. The Kier molecular flexibility index (Phi) is 3.95. The Balaban J connectivity index is 1.89. The van der Waals surface area contributed by atoms with Gasteiger partial charge < -0.3 is 14.2 Å². The lowest BCUT2D eigenvalue weighted by molar-refractivity contribution is 0.0245. The highest BCUT2D eigenvalue weighted by molar-refractivity contribution is 5.53. The van der Waals surface area contributed by atoms with Crippen LogP contribution in [0.5, 0.6) is 11.5 Å². The molecular weight excluding hydrogens is 270 g/mol. The van der Waals surface area contributed by atoms with Crippen molar-refractivity contribution in [2.75, 3.05) is 20.3 Å². The molecule has 0 radical (unpaired) electrons. The van der Waals surface area contributed by atoms with Gasteiger partial charge in [-0.25, -0.2) is 4.79 Å². The second kappa shape index (κ2) is 5.88. The minimum Gasteiger partial charge on any atom is -0.492 e. The van der Waals surface area contributed by atoms with Crippen LogP contribution in [0.15, 0.2) is 23.2 Å². The molecule has 0 unspecified atom stereocenters. The van der Waals surface area contributed by atoms with Gasteiger partial charge in [0.15, 0.2) is 11.5 Å². The number of carbonyl (C=O) groups excluding carboxylic acids is 1. The van der Waals surface area contributed by atoms with Crippen LogP contribution in [0, 0.1) is 0 Å². The van der Waals surface area contributed by atoms with Crippen molar-refractivity contribution in [2.45, 2.75) is 37.3 Å². The van der Waals surface area contributed by atoms with E-state index in [9.17, 15) is 4.79 Å². The summed E-state index contributed by atoms with van der Waals surface area (Å²) >= 11 is 0. The van der Waals surface area contributed by atoms with E-state index in [1.54, 1.807) is 13.2 Å². The first-order valence-electron chi connectivity index (χ1n) is 7.30. The maximum absolute atomic E-state index is 10.7. The molecule has 0 amide bonds. The molecule has 0 bridgehead atoms. The van der Waals surface area contributed by atoms with Gasteiger partial charge in [-0.2, -0.15) is 4.99 Å². The van der Waals surface area contributed by atoms with Gasteiger partial charge in [0.25, 0.3) is 0 Å². The molecule has 1 aromatic rings. The van der Waals surface area contributed by atoms with Gasteiger partial charge in [-0.1, -0.05) is 12.1 Å². The Morgan fingerprint density at radius 2 is 2.10 bits per heavy atom. The number of hydrogen-bond donors (Lipinski definition) is 0. The molecule has 112 valence electrons. The second-order valence-electron chi connectivity index (χ2n) is 5.50. The van der Waals surface area contributed by atoms with Gasteiger partial charge >= 0.3 is 0 Å². The number of benzene rings is 1. The Morgan fingerprint density at radius 3 is 2.71 bits per heavy atom. The molecule has 1 aliphatic heterocycles. The number of methoxy groups -OCH3 is 1. The number of aliphatic imine (C=N–C) groups is 1. The zero-order valence-corrected chi connectivity index (χ0v) is 12.1. The van der Waals surface area contributed by atoms with Gasteiger partial charge in [0.1, 0.15) is 11.6 Å². The molecule has 1 saturated heterocycles. The Bertz CT molecular complexity index is 555. The summed E-state index contributed by atoms with van der Waals surface area (Å²) in [6.07, 6.45) is 5.28. The summed E-state index contributed by atoms with van der Waals surface area (Å²) in [5.41, 5.74) is 0.459. The molecular formula is C16H19NO4. The van der Waals surface area contributed by atoms with Gasteiger partial charge in [-0.3, -0.25) is 0 Å². The van der Waals surface area contributed by atoms with E-state index in [1.807, 2.05) is 18.2 Å². The van der Waals surface area contributed by atoms with Gasteiger partial charge in [-0.15, -0.1) is 0 Å². The normalized spacial score (nSPS) is 20.4. The van der Waals surface area contributed by atoms with E-state index in [0.29, 0.717) is 11.5 Å². The van der Waals surface area contributed by atoms with Crippen molar-refractivity contribution >= 4 is 6.08 Å². The van der Waals surface area contributed by atoms with E-state index in [0.717, 1.165) is 44.5 Å². The van der Waals surface area contributed by atoms with Crippen LogP contribution in [0.1, 0.15) is 31.2 Å². The summed E-state index contributed by atoms with van der Waals surface area (Å²) < 4.78 is 17.0. The van der Waals surface area contributed by atoms with E-state index in [1.165, 1.54) is 0 Å². The van der Waals surface area contributed by atoms with Gasteiger partial charge in [0.05, 0.1) is 20.3 Å². The molecule has 5 heteroatoms. The minimum absolute atomic E-state index is 0.146. The monoisotopic (exact) mass is 289 g/mol. The topological polar surface area (TPSA) is 57.1 Å². The lowest BCUT2D eigenvalue weighted by Crippen LogP contribution is -2.26. The molecule has 1 heterocycles. The number of nitrogens with zero attached hydrogens (tertiary/aromatic N) is 1. The van der Waals surface area contributed by atoms with E-state index in [4.69, 9.17) is 14.2 Å². The number of isocyanates is 1. The smallest absolute Gasteiger partial charge is 0.235 e. The van der Waals surface area contributed by atoms with Gasteiger partial charge in [0, 0.05) is 18.4 Å². The van der Waals surface area contributed by atoms with Crippen LogP contribution >= 0.6 is 0 Å². The van der Waals surface area contributed by atoms with Crippen molar-refractivity contribution in [3.05, 3.63) is 23.8 Å². The van der Waals surface area contributed by atoms with Crippen LogP contribution in [-0.4, -0.2) is 32.5 Å². The molecule has 1 aromatic carbocycles. The first-order valence-corrected chi connectivity index (χ1v) is 7.30. The molecule has 3 rings (SSSR count). The van der Waals surface area contributed by atoms with E-state index < -0.39 is 5.54 Å². The molecule has 5 nitrogen and oxygen atoms in total. The fourth-order valence-corrected chi connectivity index (χ4v) is 2.81. The van der Waals surface area contributed by atoms with Gasteiger partial charge in [0.2, 0.25) is 6.08 Å². The standard InChI is InChI=1S/C16H19NO4/c1-19-15-13(16(7-8-16)17-11-18)3-2-4-14(15)21-12-5-9-20-10-6-12/h2-4,12H,5-10H2,1H3. The third-order valence-corrected chi connectivity index (χ3v) is 4.13. The van der Waals surface area contributed by atoms with E-state index in [2.05, 4.69) is 4.99 Å². The van der Waals surface area contributed by atoms with Gasteiger partial charge in [-0.05, 0) is 18.9 Å². The van der Waals surface area contributed by atoms with Crippen LogP contribution in [-0.2, 0) is 15.1 Å². The predicted molar refractivity (Wildman–Crippen MR) is 76.5 cm³/mol. The van der Waals surface area contributed by atoms with Crippen LogP contribution < -0.4 is 9.47 Å². The molecule has 0 spiro atoms. The molecule has 0 atom stereocenters. The average molecular weight is 289 g/mol. The Labute approximate surface area is 123 Å². The summed E-state index contributed by atoms with van der Waals surface area (Å²) in [6.45, 7) is 1.46. The van der Waals surface area contributed by atoms with Crippen molar-refractivity contribution in [2.24, 2.45) is 4.99 Å². The highest BCUT2D eigenvalue weighted by Gasteiger charge is 2.47. The molecule has 0 N–H and O–H groups in total. The number of rotatable bonds is 5. The summed E-state index contributed by atoms with van der Waals surface area (Å²) in [5.74, 6) is 1.40. The zero-order chi connectivity index (χ0) is 14.7. The third-order valence-electron chi connectivity index (χ3n) is 4.13. The first-order chi connectivity index (χ1) is 10.3. The van der Waals surface area contributed by atoms with Crippen molar-refractivity contribution < 1.29 is 19.0 Å². The largest absolute Gasteiger partial charge is 0.492 e. The molecule has 1 saturated carbocycles. The van der Waals surface area contributed by atoms with Crippen LogP contribution in [0.4, 0.5) is 0 Å². The quantitative estimate of drug-likeness (QED) is 0.617. The summed E-state index contributed by atoms with van der Waals surface area (Å²) in [6, 6.07) is 5.77. The number of hydrogen-bond acceptors (Lipinski definition) is 5. The van der Waals surface area contributed by atoms with E-state index >= 15 is 0 Å². The zero-order valence-electron chi connectivity index (χ0n) is 12.1. The van der Waals surface area contributed by atoms with Crippen LogP contribution in [0.2, 0.25) is 0 Å². The second-order valence-corrected chi connectivity index (χ2v) is 5.50. The lowest BCUT2D eigenvalue weighted by Gasteiger charge is -2.25. The minimum atomic E-state index is -0.456. The Morgan fingerprint density at radius 1 is 1.33 bits per heavy atom. The SMILES string of the molecule is COc1c(OC2CCOCC2)cccc1C1(N=C=O)CC1. The van der Waals surface area contributed by atoms with E-state index in [-0.39, 0.29) is 6.10 Å². The lowest BCUT2D eigenvalue weighted by atomic mass is 10.0. The predicted octanol–water partition coefficient (Wildman–Crippen LogP) is 2.58. The van der Waals surface area contributed by atoms with Crippen molar-refractivity contribution in [1.29, 1.82) is 0 Å². The number of para-hydroxylation sites is 1. The van der Waals surface area contributed by atoms with Crippen molar-refractivity contribution in [3.8, 4) is 11.5 Å². The Hall–Kier alpha value is -1.84. The maximum Gasteiger partial charge on any atom is 0.235 e. The number of ether oxygens (including phenoxy) is 3. The fourth-order valence-electron chi connectivity index (χ4n) is 2.81. The molecule has 0 aromatic heterocycles. The summed E-state index contributed by atoms with van der Waals surface area (Å²) in [4.78, 5) is 14.6. The van der Waals surface area contributed by atoms with Crippen molar-refractivity contribution in [3.63, 3.8) is 0 Å². The summed E-state index contributed by atoms with van der Waals surface area (Å²) in [7, 11) is 1.62. The summed E-state index contributed by atoms with van der Waals surface area (Å²) in [5, 5.41) is 0. The molecule has 1 aliphatic carbocycles. The molecule has 2 aliphatic rings. The van der Waals surface area contributed by atoms with Crippen molar-refractivity contribution in [1.82, 2.24) is 0 Å². The average Bonchev–Trinajstić information content (AvgIpc) is 3.29. The highest BCUT2D eigenvalue weighted by Crippen LogP contribution is 2.54. The highest BCUT2D eigenvalue weighted by atomic mass is 16.5. The van der Waals surface area contributed by atoms with Crippen LogP contribution in [0.25, 0.3) is 0 Å². The molecule has 21 heavy (non-hydrogen) atoms. The fraction of sp³-hybridized carbons (Fsp3) is 0.562. The third kappa shape index (κ3) is 2.80. The van der Waals surface area contributed by atoms with Crippen LogP contribution in [0.3, 0.4) is 0 Å². The first kappa shape index (κ1) is 14.1.